The van der Waals surface area contributed by atoms with Crippen molar-refractivity contribution in [3.63, 3.8) is 0 Å². The summed E-state index contributed by atoms with van der Waals surface area (Å²) in [4.78, 5) is 29.1. The third-order valence-electron chi connectivity index (χ3n) is 6.57. The molecule has 1 aliphatic heterocycles. The number of benzene rings is 3. The summed E-state index contributed by atoms with van der Waals surface area (Å²) in [6.07, 6.45) is 0.681. The monoisotopic (exact) mass is 453 g/mol. The number of nitrogens with zero attached hydrogens (tertiary/aromatic N) is 1. The largest absolute Gasteiger partial charge is 0.494 e. The molecule has 0 saturated carbocycles. The van der Waals surface area contributed by atoms with Crippen LogP contribution >= 0.6 is 0 Å². The Kier molecular flexibility index (Phi) is 5.70. The Morgan fingerprint density at radius 1 is 0.941 bits per heavy atom. The van der Waals surface area contributed by atoms with Crippen molar-refractivity contribution in [1.82, 2.24) is 4.90 Å². The number of carbonyl (C=O) groups excluding carboxylic acids is 1. The van der Waals surface area contributed by atoms with E-state index < -0.39 is 6.04 Å². The molecule has 34 heavy (non-hydrogen) atoms. The quantitative estimate of drug-likeness (QED) is 0.381. The average molecular weight is 454 g/mol. The molecule has 3 aromatic carbocycles. The van der Waals surface area contributed by atoms with Gasteiger partial charge in [0, 0.05) is 6.54 Å². The van der Waals surface area contributed by atoms with E-state index >= 15 is 0 Å². The van der Waals surface area contributed by atoms with Crippen molar-refractivity contribution < 1.29 is 13.9 Å². The summed E-state index contributed by atoms with van der Waals surface area (Å²) in [5, 5.41) is 0.510. The van der Waals surface area contributed by atoms with Gasteiger partial charge in [-0.3, -0.25) is 9.59 Å². The predicted molar refractivity (Wildman–Crippen MR) is 133 cm³/mol. The first kappa shape index (κ1) is 22.0. The normalized spacial score (nSPS) is 15.1. The molecule has 0 radical (unpaired) electrons. The molecule has 1 unspecified atom stereocenters. The molecule has 5 rings (SSSR count). The highest BCUT2D eigenvalue weighted by Crippen LogP contribution is 2.39. The number of amides is 1. The van der Waals surface area contributed by atoms with Crippen molar-refractivity contribution in [1.29, 1.82) is 0 Å². The van der Waals surface area contributed by atoms with Crippen LogP contribution in [0.3, 0.4) is 0 Å². The molecule has 0 bridgehead atoms. The van der Waals surface area contributed by atoms with Crippen LogP contribution in [0, 0.1) is 13.8 Å². The standard InChI is InChI=1S/C29H27NO4/c1-4-33-22-12-10-21(11-13-22)26-25-27(31)23-16-18(2)19(3)17-24(23)34-28(25)29(32)30(26)15-14-20-8-6-5-7-9-20/h5-13,16-17,26H,4,14-15H2,1-3H3. The topological polar surface area (TPSA) is 59.8 Å². The lowest BCUT2D eigenvalue weighted by atomic mass is 9.97. The van der Waals surface area contributed by atoms with Gasteiger partial charge in [0.15, 0.2) is 5.43 Å². The molecule has 0 spiro atoms. The minimum Gasteiger partial charge on any atom is -0.494 e. The second kappa shape index (κ2) is 8.82. The summed E-state index contributed by atoms with van der Waals surface area (Å²) in [5.74, 6) is 0.651. The van der Waals surface area contributed by atoms with Crippen molar-refractivity contribution in [3.05, 3.63) is 111 Å². The van der Waals surface area contributed by atoms with Crippen LogP contribution in [-0.2, 0) is 6.42 Å². The predicted octanol–water partition coefficient (Wildman–Crippen LogP) is 5.60. The number of hydrogen-bond donors (Lipinski definition) is 0. The van der Waals surface area contributed by atoms with E-state index in [1.165, 1.54) is 0 Å². The van der Waals surface area contributed by atoms with Gasteiger partial charge >= 0.3 is 0 Å². The highest BCUT2D eigenvalue weighted by atomic mass is 16.5. The van der Waals surface area contributed by atoms with Crippen molar-refractivity contribution in [3.8, 4) is 5.75 Å². The molecule has 4 aromatic rings. The Labute approximate surface area is 198 Å². The number of rotatable bonds is 6. The number of ether oxygens (including phenoxy) is 1. The van der Waals surface area contributed by atoms with Gasteiger partial charge in [-0.2, -0.15) is 0 Å². The molecule has 5 heteroatoms. The van der Waals surface area contributed by atoms with Crippen LogP contribution in [0.15, 0.2) is 75.9 Å². The van der Waals surface area contributed by atoms with E-state index in [-0.39, 0.29) is 17.1 Å². The maximum atomic E-state index is 13.7. The molecule has 0 saturated heterocycles. The van der Waals surface area contributed by atoms with Crippen LogP contribution in [0.2, 0.25) is 0 Å². The van der Waals surface area contributed by atoms with E-state index in [2.05, 4.69) is 0 Å². The third-order valence-corrected chi connectivity index (χ3v) is 6.57. The lowest BCUT2D eigenvalue weighted by Gasteiger charge is -2.25. The van der Waals surface area contributed by atoms with Crippen molar-refractivity contribution in [2.75, 3.05) is 13.2 Å². The highest BCUT2D eigenvalue weighted by Gasteiger charge is 2.42. The minimum absolute atomic E-state index is 0.145. The first-order chi connectivity index (χ1) is 16.5. The van der Waals surface area contributed by atoms with E-state index in [9.17, 15) is 9.59 Å². The number of fused-ring (bicyclic) bond motifs is 2. The summed E-state index contributed by atoms with van der Waals surface area (Å²) in [6.45, 7) is 6.92. The molecule has 172 valence electrons. The second-order valence-corrected chi connectivity index (χ2v) is 8.75. The molecule has 1 aliphatic rings. The van der Waals surface area contributed by atoms with Crippen LogP contribution in [-0.4, -0.2) is 24.0 Å². The van der Waals surface area contributed by atoms with Crippen LogP contribution < -0.4 is 10.2 Å². The zero-order valence-corrected chi connectivity index (χ0v) is 19.6. The molecular formula is C29H27NO4. The van der Waals surface area contributed by atoms with Gasteiger partial charge in [0.1, 0.15) is 11.3 Å². The van der Waals surface area contributed by atoms with Gasteiger partial charge in [0.25, 0.3) is 5.91 Å². The number of hydrogen-bond acceptors (Lipinski definition) is 4. The Bertz CT molecular complexity index is 1420. The second-order valence-electron chi connectivity index (χ2n) is 8.75. The van der Waals surface area contributed by atoms with Gasteiger partial charge in [-0.1, -0.05) is 42.5 Å². The van der Waals surface area contributed by atoms with E-state index in [4.69, 9.17) is 9.15 Å². The molecule has 1 amide bonds. The van der Waals surface area contributed by atoms with Crippen LogP contribution in [0.25, 0.3) is 11.0 Å². The fraction of sp³-hybridized carbons (Fsp3) is 0.241. The van der Waals surface area contributed by atoms with E-state index in [0.717, 1.165) is 28.0 Å². The van der Waals surface area contributed by atoms with Crippen LogP contribution in [0.5, 0.6) is 5.75 Å². The van der Waals surface area contributed by atoms with Gasteiger partial charge in [0.05, 0.1) is 23.6 Å². The van der Waals surface area contributed by atoms with E-state index in [1.807, 2.05) is 87.5 Å². The first-order valence-corrected chi connectivity index (χ1v) is 11.6. The summed E-state index contributed by atoms with van der Waals surface area (Å²) in [7, 11) is 0. The lowest BCUT2D eigenvalue weighted by molar-refractivity contribution is 0.0730. The van der Waals surface area contributed by atoms with Gasteiger partial charge in [-0.25, -0.2) is 0 Å². The van der Waals surface area contributed by atoms with Crippen LogP contribution in [0.1, 0.15) is 51.3 Å². The fourth-order valence-electron chi connectivity index (χ4n) is 4.66. The average Bonchev–Trinajstić information content (AvgIpc) is 3.12. The van der Waals surface area contributed by atoms with Crippen LogP contribution in [0.4, 0.5) is 0 Å². The lowest BCUT2D eigenvalue weighted by Crippen LogP contribution is -2.31. The zero-order chi connectivity index (χ0) is 23.8. The van der Waals surface area contributed by atoms with Gasteiger partial charge in [-0.05, 0) is 73.7 Å². The maximum Gasteiger partial charge on any atom is 0.290 e. The SMILES string of the molecule is CCOc1ccc(C2c3c(oc4cc(C)c(C)cc4c3=O)C(=O)N2CCc2ccccc2)cc1. The molecule has 0 fully saturated rings. The van der Waals surface area contributed by atoms with Crippen molar-refractivity contribution in [2.24, 2.45) is 0 Å². The Balaban J connectivity index is 1.64. The smallest absolute Gasteiger partial charge is 0.290 e. The fourth-order valence-corrected chi connectivity index (χ4v) is 4.66. The Morgan fingerprint density at radius 3 is 2.35 bits per heavy atom. The maximum absolute atomic E-state index is 13.7. The van der Waals surface area contributed by atoms with Gasteiger partial charge in [0.2, 0.25) is 5.76 Å². The Morgan fingerprint density at radius 2 is 1.65 bits per heavy atom. The molecule has 0 N–H and O–H groups in total. The minimum atomic E-state index is -0.510. The molecule has 2 heterocycles. The molecular weight excluding hydrogens is 426 g/mol. The molecule has 0 aliphatic carbocycles. The summed E-state index contributed by atoms with van der Waals surface area (Å²) < 4.78 is 11.7. The van der Waals surface area contributed by atoms with Gasteiger partial charge in [-0.15, -0.1) is 0 Å². The molecule has 5 nitrogen and oxygen atoms in total. The number of carbonyl (C=O) groups is 1. The van der Waals surface area contributed by atoms with Gasteiger partial charge < -0.3 is 14.1 Å². The molecule has 1 aromatic heterocycles. The summed E-state index contributed by atoms with van der Waals surface area (Å²) in [6, 6.07) is 20.9. The number of aryl methyl sites for hydroxylation is 2. The third kappa shape index (κ3) is 3.77. The summed E-state index contributed by atoms with van der Waals surface area (Å²) >= 11 is 0. The molecule has 1 atom stereocenters. The highest BCUT2D eigenvalue weighted by molar-refractivity contribution is 5.99. The van der Waals surface area contributed by atoms with Crippen molar-refractivity contribution in [2.45, 2.75) is 33.2 Å². The van der Waals surface area contributed by atoms with E-state index in [1.54, 1.807) is 4.90 Å². The Hall–Kier alpha value is -3.86. The zero-order valence-electron chi connectivity index (χ0n) is 19.6. The first-order valence-electron chi connectivity index (χ1n) is 11.6. The summed E-state index contributed by atoms with van der Waals surface area (Å²) in [5.41, 5.74) is 4.75. The van der Waals surface area contributed by atoms with E-state index in [0.29, 0.717) is 36.1 Å². The van der Waals surface area contributed by atoms with Crippen molar-refractivity contribution >= 4 is 16.9 Å².